The number of ketones is 1. The van der Waals surface area contributed by atoms with E-state index >= 15 is 0 Å². The summed E-state index contributed by atoms with van der Waals surface area (Å²) in [6.45, 7) is 3.36. The fraction of sp³-hybridized carbons (Fsp3) is 0.200. The van der Waals surface area contributed by atoms with Crippen LogP contribution in [0, 0.1) is 17.0 Å². The number of hydrogen-bond acceptors (Lipinski definition) is 10. The monoisotopic (exact) mass is 523 g/mol. The van der Waals surface area contributed by atoms with E-state index in [2.05, 4.69) is 4.98 Å². The number of aliphatic hydroxyl groups is 1. The number of aliphatic hydroxyl groups excluding tert-OH is 1. The van der Waals surface area contributed by atoms with Crippen molar-refractivity contribution in [1.29, 1.82) is 0 Å². The minimum atomic E-state index is -1.17. The molecule has 3 aromatic rings. The Morgan fingerprint density at radius 1 is 1.22 bits per heavy atom. The third kappa shape index (κ3) is 4.66. The number of hydrogen-bond donors (Lipinski definition) is 1. The Morgan fingerprint density at radius 2 is 1.92 bits per heavy atom. The van der Waals surface area contributed by atoms with E-state index in [1.165, 1.54) is 37.4 Å². The van der Waals surface area contributed by atoms with Crippen LogP contribution in [0.5, 0.6) is 5.75 Å². The van der Waals surface area contributed by atoms with Crippen molar-refractivity contribution in [2.75, 3.05) is 18.6 Å². The fourth-order valence-electron chi connectivity index (χ4n) is 3.92. The molecule has 0 bridgehead atoms. The molecule has 1 saturated heterocycles. The van der Waals surface area contributed by atoms with Gasteiger partial charge in [-0.25, -0.2) is 9.78 Å². The average molecular weight is 524 g/mol. The van der Waals surface area contributed by atoms with E-state index in [4.69, 9.17) is 9.47 Å². The highest BCUT2D eigenvalue weighted by Gasteiger charge is 2.48. The molecule has 1 atom stereocenters. The molecule has 0 spiro atoms. The van der Waals surface area contributed by atoms with E-state index < -0.39 is 34.4 Å². The van der Waals surface area contributed by atoms with Gasteiger partial charge in [-0.3, -0.25) is 24.6 Å². The van der Waals surface area contributed by atoms with Crippen molar-refractivity contribution in [2.45, 2.75) is 19.9 Å². The van der Waals surface area contributed by atoms with E-state index in [0.29, 0.717) is 17.0 Å². The highest BCUT2D eigenvalue weighted by Crippen LogP contribution is 2.44. The van der Waals surface area contributed by atoms with Gasteiger partial charge in [-0.2, -0.15) is 0 Å². The summed E-state index contributed by atoms with van der Waals surface area (Å²) >= 11 is 0.867. The van der Waals surface area contributed by atoms with Gasteiger partial charge in [0.2, 0.25) is 0 Å². The Hall–Kier alpha value is -4.58. The minimum Gasteiger partial charge on any atom is -0.507 e. The Kier molecular flexibility index (Phi) is 7.02. The second-order valence-electron chi connectivity index (χ2n) is 7.88. The van der Waals surface area contributed by atoms with Crippen LogP contribution in [0.3, 0.4) is 0 Å². The smallest absolute Gasteiger partial charge is 0.350 e. The molecule has 0 radical (unpaired) electrons. The van der Waals surface area contributed by atoms with Crippen LogP contribution >= 0.6 is 11.3 Å². The van der Waals surface area contributed by atoms with Crippen LogP contribution in [0.15, 0.2) is 54.1 Å². The number of thiazole rings is 1. The van der Waals surface area contributed by atoms with Crippen molar-refractivity contribution < 1.29 is 33.9 Å². The van der Waals surface area contributed by atoms with E-state index in [-0.39, 0.29) is 33.4 Å². The largest absolute Gasteiger partial charge is 0.507 e. The second-order valence-corrected chi connectivity index (χ2v) is 8.86. The van der Waals surface area contributed by atoms with Crippen LogP contribution in [0.1, 0.15) is 39.5 Å². The van der Waals surface area contributed by atoms with Crippen LogP contribution in [0.25, 0.3) is 5.76 Å². The molecular formula is C25H21N3O8S. The molecule has 12 heteroatoms. The Labute approximate surface area is 214 Å². The molecular weight excluding hydrogens is 502 g/mol. The Balaban J connectivity index is 1.92. The van der Waals surface area contributed by atoms with Gasteiger partial charge in [0.1, 0.15) is 16.4 Å². The molecule has 1 fully saturated rings. The number of esters is 1. The molecule has 1 unspecified atom stereocenters. The number of aromatic nitrogens is 1. The molecule has 37 heavy (non-hydrogen) atoms. The molecule has 2 aromatic carbocycles. The molecule has 11 nitrogen and oxygen atoms in total. The molecule has 1 N–H and O–H groups in total. The van der Waals surface area contributed by atoms with Crippen molar-refractivity contribution in [3.8, 4) is 5.75 Å². The summed E-state index contributed by atoms with van der Waals surface area (Å²) in [5.41, 5.74) is 0.419. The zero-order valence-electron chi connectivity index (χ0n) is 20.0. The standard InChI is InChI=1S/C25H21N3O8S/c1-4-36-24(32)22-13(2)26-25(37-22)27-19(14-8-10-16(11-9-14)28(33)34)18(21(30)23(27)31)20(29)15-6-5-7-17(12-15)35-3/h5-12,19,29H,4H2,1-3H3. The zero-order valence-corrected chi connectivity index (χ0v) is 20.8. The number of nitro benzene ring substituents is 1. The lowest BCUT2D eigenvalue weighted by Crippen LogP contribution is -2.29. The molecule has 1 aromatic heterocycles. The summed E-state index contributed by atoms with van der Waals surface area (Å²) in [5.74, 6) is -2.61. The molecule has 4 rings (SSSR count). The maximum Gasteiger partial charge on any atom is 0.350 e. The lowest BCUT2D eigenvalue weighted by atomic mass is 9.95. The molecule has 190 valence electrons. The SMILES string of the molecule is CCOC(=O)c1sc(N2C(=O)C(=O)C(=C(O)c3cccc(OC)c3)C2c2ccc([N+](=O)[O-])cc2)nc1C. The number of Topliss-reactive ketones (excluding diaryl/α,β-unsaturated/α-hetero) is 1. The maximum atomic E-state index is 13.3. The topological polar surface area (TPSA) is 149 Å². The summed E-state index contributed by atoms with van der Waals surface area (Å²) in [6.07, 6.45) is 0. The number of anilines is 1. The summed E-state index contributed by atoms with van der Waals surface area (Å²) in [6, 6.07) is 10.4. The number of ether oxygens (including phenoxy) is 2. The van der Waals surface area contributed by atoms with Crippen molar-refractivity contribution >= 4 is 45.6 Å². The fourth-order valence-corrected chi connectivity index (χ4v) is 4.91. The van der Waals surface area contributed by atoms with Crippen molar-refractivity contribution in [3.05, 3.63) is 85.9 Å². The number of nitro groups is 1. The van der Waals surface area contributed by atoms with Gasteiger partial charge < -0.3 is 14.6 Å². The number of aryl methyl sites for hydroxylation is 1. The summed E-state index contributed by atoms with van der Waals surface area (Å²) in [5, 5.41) is 22.4. The first kappa shape index (κ1) is 25.5. The first-order valence-electron chi connectivity index (χ1n) is 11.0. The van der Waals surface area contributed by atoms with Crippen molar-refractivity contribution in [1.82, 2.24) is 4.98 Å². The number of rotatable bonds is 7. The quantitative estimate of drug-likeness (QED) is 0.120. The first-order chi connectivity index (χ1) is 17.7. The van der Waals surface area contributed by atoms with Gasteiger partial charge >= 0.3 is 11.9 Å². The van der Waals surface area contributed by atoms with Gasteiger partial charge in [0.15, 0.2) is 5.13 Å². The van der Waals surface area contributed by atoms with E-state index in [1.54, 1.807) is 32.0 Å². The lowest BCUT2D eigenvalue weighted by molar-refractivity contribution is -0.384. The molecule has 0 aliphatic carbocycles. The number of nitrogens with zero attached hydrogens (tertiary/aromatic N) is 3. The molecule has 1 amide bonds. The van der Waals surface area contributed by atoms with Gasteiger partial charge in [0.25, 0.3) is 11.5 Å². The van der Waals surface area contributed by atoms with Gasteiger partial charge in [-0.15, -0.1) is 0 Å². The van der Waals surface area contributed by atoms with Crippen LogP contribution in [0.2, 0.25) is 0 Å². The van der Waals surface area contributed by atoms with Gasteiger partial charge in [0, 0.05) is 17.7 Å². The average Bonchev–Trinajstić information content (AvgIpc) is 3.40. The van der Waals surface area contributed by atoms with Gasteiger partial charge in [-0.1, -0.05) is 23.5 Å². The van der Waals surface area contributed by atoms with Crippen molar-refractivity contribution in [2.24, 2.45) is 0 Å². The van der Waals surface area contributed by atoms with E-state index in [0.717, 1.165) is 16.2 Å². The number of carbonyl (C=O) groups is 3. The minimum absolute atomic E-state index is 0.0377. The summed E-state index contributed by atoms with van der Waals surface area (Å²) in [7, 11) is 1.45. The second kappa shape index (κ2) is 10.2. The van der Waals surface area contributed by atoms with Gasteiger partial charge in [0.05, 0.1) is 35.9 Å². The van der Waals surface area contributed by atoms with Crippen LogP contribution in [-0.4, -0.2) is 46.4 Å². The molecule has 1 aliphatic heterocycles. The first-order valence-corrected chi connectivity index (χ1v) is 11.8. The number of amides is 1. The lowest BCUT2D eigenvalue weighted by Gasteiger charge is -2.23. The third-order valence-electron chi connectivity index (χ3n) is 5.66. The maximum absolute atomic E-state index is 13.3. The number of carbonyl (C=O) groups excluding carboxylic acids is 3. The van der Waals surface area contributed by atoms with Crippen LogP contribution in [-0.2, 0) is 14.3 Å². The van der Waals surface area contributed by atoms with E-state index in [9.17, 15) is 29.6 Å². The summed E-state index contributed by atoms with van der Waals surface area (Å²) < 4.78 is 10.3. The van der Waals surface area contributed by atoms with Crippen LogP contribution in [0.4, 0.5) is 10.8 Å². The molecule has 2 heterocycles. The number of benzene rings is 2. The normalized spacial score (nSPS) is 16.6. The molecule has 1 aliphatic rings. The van der Waals surface area contributed by atoms with Crippen LogP contribution < -0.4 is 9.64 Å². The Bertz CT molecular complexity index is 1440. The highest BCUT2D eigenvalue weighted by molar-refractivity contribution is 7.17. The third-order valence-corrected chi connectivity index (χ3v) is 6.80. The highest BCUT2D eigenvalue weighted by atomic mass is 32.1. The Morgan fingerprint density at radius 3 is 2.54 bits per heavy atom. The molecule has 0 saturated carbocycles. The zero-order chi connectivity index (χ0) is 26.9. The van der Waals surface area contributed by atoms with Crippen molar-refractivity contribution in [3.63, 3.8) is 0 Å². The van der Waals surface area contributed by atoms with Gasteiger partial charge in [-0.05, 0) is 43.7 Å². The predicted molar refractivity (Wildman–Crippen MR) is 134 cm³/mol. The number of methoxy groups -OCH3 is 1. The van der Waals surface area contributed by atoms with E-state index in [1.807, 2.05) is 0 Å². The summed E-state index contributed by atoms with van der Waals surface area (Å²) in [4.78, 5) is 55.1. The number of non-ortho nitro benzene ring substituents is 1. The predicted octanol–water partition coefficient (Wildman–Crippen LogP) is 4.17.